The number of hydrogen-bond acceptors (Lipinski definition) is 3. The summed E-state index contributed by atoms with van der Waals surface area (Å²) in [6.07, 6.45) is 2.00. The Hall–Kier alpha value is -1.12. The van der Waals surface area contributed by atoms with E-state index in [-0.39, 0.29) is 11.8 Å². The second-order valence-corrected chi connectivity index (χ2v) is 5.09. The van der Waals surface area contributed by atoms with Gasteiger partial charge in [-0.05, 0) is 27.9 Å². The van der Waals surface area contributed by atoms with Crippen LogP contribution in [0.15, 0.2) is 16.7 Å². The highest BCUT2D eigenvalue weighted by Crippen LogP contribution is 2.27. The third-order valence-electron chi connectivity index (χ3n) is 2.63. The number of nitriles is 1. The molecule has 2 rings (SSSR count). The van der Waals surface area contributed by atoms with Crippen LogP contribution in [0.4, 0.5) is 5.82 Å². The first-order chi connectivity index (χ1) is 8.15. The minimum absolute atomic E-state index is 0.0260. The molecule has 88 valence electrons. The molecule has 0 bridgehead atoms. The summed E-state index contributed by atoms with van der Waals surface area (Å²) in [6.45, 7) is 0.533. The van der Waals surface area contributed by atoms with E-state index in [9.17, 15) is 4.79 Å². The molecule has 0 radical (unpaired) electrons. The Morgan fingerprint density at radius 1 is 1.71 bits per heavy atom. The second kappa shape index (κ2) is 5.03. The maximum Gasteiger partial charge on any atom is 0.228 e. The molecule has 17 heavy (non-hydrogen) atoms. The number of anilines is 1. The zero-order chi connectivity index (χ0) is 12.4. The van der Waals surface area contributed by atoms with Crippen LogP contribution in [0.5, 0.6) is 0 Å². The van der Waals surface area contributed by atoms with Crippen molar-refractivity contribution in [2.45, 2.75) is 6.42 Å². The third-order valence-corrected chi connectivity index (χ3v) is 3.50. The molecule has 0 N–H and O–H groups in total. The topological polar surface area (TPSA) is 57.0 Å². The molecular weight excluding hydrogens is 305 g/mol. The van der Waals surface area contributed by atoms with Gasteiger partial charge >= 0.3 is 0 Å². The van der Waals surface area contributed by atoms with E-state index >= 15 is 0 Å². The van der Waals surface area contributed by atoms with Crippen molar-refractivity contribution in [3.05, 3.63) is 22.3 Å². The van der Waals surface area contributed by atoms with Crippen molar-refractivity contribution < 1.29 is 4.79 Å². The largest absolute Gasteiger partial charge is 0.295 e. The van der Waals surface area contributed by atoms with E-state index in [2.05, 4.69) is 20.9 Å². The fraction of sp³-hybridized carbons (Fsp3) is 0.364. The maximum absolute atomic E-state index is 11.8. The molecule has 1 aromatic heterocycles. The van der Waals surface area contributed by atoms with Crippen LogP contribution in [0.25, 0.3) is 0 Å². The van der Waals surface area contributed by atoms with Crippen LogP contribution < -0.4 is 4.90 Å². The lowest BCUT2D eigenvalue weighted by Gasteiger charge is -2.16. The normalized spacial score (nSPS) is 19.5. The lowest BCUT2D eigenvalue weighted by atomic mass is 10.1. The zero-order valence-electron chi connectivity index (χ0n) is 8.86. The molecule has 1 saturated heterocycles. The second-order valence-electron chi connectivity index (χ2n) is 3.87. The number of amides is 1. The van der Waals surface area contributed by atoms with Crippen LogP contribution in [-0.4, -0.2) is 23.3 Å². The molecule has 6 heteroatoms. The number of aromatic nitrogens is 1. The first-order valence-electron chi connectivity index (χ1n) is 5.07. The van der Waals surface area contributed by atoms with Gasteiger partial charge in [-0.1, -0.05) is 0 Å². The van der Waals surface area contributed by atoms with Gasteiger partial charge in [0.05, 0.1) is 5.56 Å². The fourth-order valence-electron chi connectivity index (χ4n) is 1.82. The standard InChI is InChI=1S/C11H9BrClN3O/c12-9-2-8(4-14)11(15-5-9)16-6-7(3-13)1-10(16)17/h2,5,7H,1,3,6H2. The predicted molar refractivity (Wildman–Crippen MR) is 67.8 cm³/mol. The first kappa shape index (κ1) is 12.3. The Morgan fingerprint density at radius 2 is 2.47 bits per heavy atom. The SMILES string of the molecule is N#Cc1cc(Br)cnc1N1CC(CCl)CC1=O. The molecular formula is C11H9BrClN3O. The van der Waals surface area contributed by atoms with Gasteiger partial charge in [-0.3, -0.25) is 9.69 Å². The summed E-state index contributed by atoms with van der Waals surface area (Å²) in [5.41, 5.74) is 0.392. The summed E-state index contributed by atoms with van der Waals surface area (Å²) >= 11 is 9.00. The van der Waals surface area contributed by atoms with E-state index in [1.54, 1.807) is 12.3 Å². The highest BCUT2D eigenvalue weighted by molar-refractivity contribution is 9.10. The molecule has 1 fully saturated rings. The van der Waals surface area contributed by atoms with Crippen LogP contribution in [-0.2, 0) is 4.79 Å². The van der Waals surface area contributed by atoms with Gasteiger partial charge in [-0.25, -0.2) is 4.98 Å². The van der Waals surface area contributed by atoms with Crippen molar-refractivity contribution in [2.24, 2.45) is 5.92 Å². The van der Waals surface area contributed by atoms with E-state index in [1.807, 2.05) is 6.07 Å². The minimum atomic E-state index is -0.0260. The van der Waals surface area contributed by atoms with Gasteiger partial charge < -0.3 is 0 Å². The summed E-state index contributed by atoms with van der Waals surface area (Å²) in [6, 6.07) is 3.70. The van der Waals surface area contributed by atoms with E-state index in [1.165, 1.54) is 4.90 Å². The molecule has 0 saturated carbocycles. The quantitative estimate of drug-likeness (QED) is 0.787. The van der Waals surface area contributed by atoms with Gasteiger partial charge in [-0.15, -0.1) is 11.6 Å². The monoisotopic (exact) mass is 313 g/mol. The fourth-order valence-corrected chi connectivity index (χ4v) is 2.36. The summed E-state index contributed by atoms with van der Waals surface area (Å²) in [4.78, 5) is 17.5. The Labute approximate surface area is 112 Å². The molecule has 1 atom stereocenters. The number of carbonyl (C=O) groups excluding carboxylic acids is 1. The van der Waals surface area contributed by atoms with Crippen LogP contribution in [0, 0.1) is 17.2 Å². The van der Waals surface area contributed by atoms with E-state index < -0.39 is 0 Å². The number of nitrogens with zero attached hydrogens (tertiary/aromatic N) is 3. The summed E-state index contributed by atoms with van der Waals surface area (Å²) in [5, 5.41) is 9.04. The van der Waals surface area contributed by atoms with Gasteiger partial charge in [0.2, 0.25) is 5.91 Å². The van der Waals surface area contributed by atoms with Crippen LogP contribution >= 0.6 is 27.5 Å². The van der Waals surface area contributed by atoms with E-state index in [4.69, 9.17) is 16.9 Å². The summed E-state index contributed by atoms with van der Waals surface area (Å²) in [7, 11) is 0. The predicted octanol–water partition coefficient (Wildman–Crippen LogP) is 2.31. The molecule has 1 aromatic rings. The van der Waals surface area contributed by atoms with Gasteiger partial charge in [0.25, 0.3) is 0 Å². The number of halogens is 2. The average Bonchev–Trinajstić information content (AvgIpc) is 2.70. The molecule has 1 aliphatic heterocycles. The highest BCUT2D eigenvalue weighted by atomic mass is 79.9. The number of rotatable bonds is 2. The smallest absolute Gasteiger partial charge is 0.228 e. The van der Waals surface area contributed by atoms with Gasteiger partial charge in [0, 0.05) is 29.5 Å². The molecule has 0 aromatic carbocycles. The number of pyridine rings is 1. The maximum atomic E-state index is 11.8. The number of alkyl halides is 1. The molecule has 2 heterocycles. The lowest BCUT2D eigenvalue weighted by molar-refractivity contribution is -0.117. The molecule has 0 spiro atoms. The minimum Gasteiger partial charge on any atom is -0.295 e. The van der Waals surface area contributed by atoms with Crippen LogP contribution in [0.2, 0.25) is 0 Å². The van der Waals surface area contributed by atoms with Crippen molar-refractivity contribution in [1.82, 2.24) is 4.98 Å². The van der Waals surface area contributed by atoms with Crippen LogP contribution in [0.1, 0.15) is 12.0 Å². The number of carbonyl (C=O) groups is 1. The molecule has 1 unspecified atom stereocenters. The van der Waals surface area contributed by atoms with Crippen molar-refractivity contribution in [1.29, 1.82) is 5.26 Å². The zero-order valence-corrected chi connectivity index (χ0v) is 11.2. The Balaban J connectivity index is 2.35. The summed E-state index contributed by atoms with van der Waals surface area (Å²) < 4.78 is 0.721. The lowest BCUT2D eigenvalue weighted by Crippen LogP contribution is -2.26. The molecule has 4 nitrogen and oxygen atoms in total. The molecule has 1 amide bonds. The summed E-state index contributed by atoms with van der Waals surface area (Å²) in [5.74, 6) is 0.983. The first-order valence-corrected chi connectivity index (χ1v) is 6.40. The molecule has 0 aliphatic carbocycles. The highest BCUT2D eigenvalue weighted by Gasteiger charge is 2.32. The van der Waals surface area contributed by atoms with Gasteiger partial charge in [0.1, 0.15) is 6.07 Å². The van der Waals surface area contributed by atoms with Crippen molar-refractivity contribution in [2.75, 3.05) is 17.3 Å². The Bertz CT molecular complexity index is 500. The van der Waals surface area contributed by atoms with Crippen molar-refractivity contribution >= 4 is 39.3 Å². The van der Waals surface area contributed by atoms with Crippen LogP contribution in [0.3, 0.4) is 0 Å². The van der Waals surface area contributed by atoms with E-state index in [0.717, 1.165) is 4.47 Å². The van der Waals surface area contributed by atoms with Crippen molar-refractivity contribution in [3.8, 4) is 6.07 Å². The Kier molecular flexibility index (Phi) is 3.65. The molecule has 1 aliphatic rings. The van der Waals surface area contributed by atoms with Crippen molar-refractivity contribution in [3.63, 3.8) is 0 Å². The van der Waals surface area contributed by atoms with E-state index in [0.29, 0.717) is 30.2 Å². The van der Waals surface area contributed by atoms with Gasteiger partial charge in [-0.2, -0.15) is 5.26 Å². The Morgan fingerprint density at radius 3 is 3.06 bits per heavy atom. The van der Waals surface area contributed by atoms with Gasteiger partial charge in [0.15, 0.2) is 5.82 Å². The third kappa shape index (κ3) is 2.43. The number of hydrogen-bond donors (Lipinski definition) is 0. The average molecular weight is 315 g/mol.